The molecule has 1 fully saturated rings. The molecule has 1 aliphatic rings. The highest BCUT2D eigenvalue weighted by Crippen LogP contribution is 2.51. The van der Waals surface area contributed by atoms with E-state index < -0.39 is 5.97 Å². The number of carboxylic acids is 1. The van der Waals surface area contributed by atoms with Crippen LogP contribution in [-0.4, -0.2) is 37.0 Å². The summed E-state index contributed by atoms with van der Waals surface area (Å²) in [4.78, 5) is 10.6. The number of carbonyl (C=O) groups is 1. The molecule has 1 aromatic rings. The molecule has 0 radical (unpaired) electrons. The van der Waals surface area contributed by atoms with Gasteiger partial charge in [-0.2, -0.15) is 5.26 Å². The molecule has 0 spiro atoms. The third kappa shape index (κ3) is 2.94. The van der Waals surface area contributed by atoms with Crippen molar-refractivity contribution in [1.82, 2.24) is 20.2 Å². The van der Waals surface area contributed by atoms with Gasteiger partial charge in [-0.25, -0.2) is 4.68 Å². The van der Waals surface area contributed by atoms with E-state index in [1.54, 1.807) is 0 Å². The molecule has 1 aromatic heterocycles. The number of aliphatic carboxylic acids is 1. The third-order valence-electron chi connectivity index (χ3n) is 2.70. The Hall–Kier alpha value is -1.62. The van der Waals surface area contributed by atoms with Gasteiger partial charge >= 0.3 is 5.97 Å². The van der Waals surface area contributed by atoms with Gasteiger partial charge in [-0.1, -0.05) is 11.8 Å². The summed E-state index contributed by atoms with van der Waals surface area (Å²) in [5, 5.41) is 28.7. The van der Waals surface area contributed by atoms with Crippen LogP contribution in [0.5, 0.6) is 0 Å². The molecule has 1 saturated carbocycles. The van der Waals surface area contributed by atoms with Gasteiger partial charge < -0.3 is 5.11 Å². The zero-order chi connectivity index (χ0) is 12.3. The molecule has 0 unspecified atom stereocenters. The van der Waals surface area contributed by atoms with Crippen molar-refractivity contribution in [3.05, 3.63) is 0 Å². The van der Waals surface area contributed by atoms with Crippen molar-refractivity contribution in [2.75, 3.05) is 5.75 Å². The lowest BCUT2D eigenvalue weighted by Gasteiger charge is -2.08. The van der Waals surface area contributed by atoms with Gasteiger partial charge in [-0.3, -0.25) is 4.79 Å². The van der Waals surface area contributed by atoms with E-state index >= 15 is 0 Å². The SMILES string of the molecule is N#CCC1(CSc2nnnn2CC(=O)O)CC1. The number of thioether (sulfide) groups is 1. The smallest absolute Gasteiger partial charge is 0.325 e. The molecule has 1 aliphatic carbocycles. The van der Waals surface area contributed by atoms with Gasteiger partial charge in [0.15, 0.2) is 0 Å². The fourth-order valence-electron chi connectivity index (χ4n) is 1.46. The quantitative estimate of drug-likeness (QED) is 0.738. The summed E-state index contributed by atoms with van der Waals surface area (Å²) in [5.74, 6) is -0.210. The zero-order valence-electron chi connectivity index (χ0n) is 9.04. The second-order valence-electron chi connectivity index (χ2n) is 4.14. The molecule has 0 aromatic carbocycles. The molecule has 90 valence electrons. The maximum absolute atomic E-state index is 10.6. The third-order valence-corrected chi connectivity index (χ3v) is 4.01. The Kier molecular flexibility index (Phi) is 3.28. The largest absolute Gasteiger partial charge is 0.480 e. The van der Waals surface area contributed by atoms with Crippen LogP contribution in [-0.2, 0) is 11.3 Å². The highest BCUT2D eigenvalue weighted by Gasteiger charge is 2.42. The molecule has 0 amide bonds. The van der Waals surface area contributed by atoms with Crippen LogP contribution in [0, 0.1) is 16.7 Å². The van der Waals surface area contributed by atoms with Crippen molar-refractivity contribution < 1.29 is 9.90 Å². The van der Waals surface area contributed by atoms with E-state index in [2.05, 4.69) is 21.6 Å². The minimum absolute atomic E-state index is 0.0966. The molecule has 8 heteroatoms. The maximum Gasteiger partial charge on any atom is 0.325 e. The van der Waals surface area contributed by atoms with Crippen molar-refractivity contribution in [2.45, 2.75) is 31.0 Å². The van der Waals surface area contributed by atoms with Crippen molar-refractivity contribution in [1.29, 1.82) is 5.26 Å². The summed E-state index contributed by atoms with van der Waals surface area (Å²) in [5.41, 5.74) is 0.0966. The summed E-state index contributed by atoms with van der Waals surface area (Å²) in [6.07, 6.45) is 2.64. The van der Waals surface area contributed by atoms with Crippen LogP contribution >= 0.6 is 11.8 Å². The summed E-state index contributed by atoms with van der Waals surface area (Å²) in [6, 6.07) is 2.18. The average Bonchev–Trinajstić information content (AvgIpc) is 2.89. The fraction of sp³-hybridized carbons (Fsp3) is 0.667. The Morgan fingerprint density at radius 2 is 2.41 bits per heavy atom. The number of tetrazole rings is 1. The predicted octanol–water partition coefficient (Wildman–Crippen LogP) is 0.544. The molecule has 17 heavy (non-hydrogen) atoms. The standard InChI is InChI=1S/C9H11N5O2S/c10-4-3-9(1-2-9)6-17-8-11-12-13-14(8)5-7(15)16/h1-3,5-6H2,(H,15,16). The number of aromatic nitrogens is 4. The van der Waals surface area contributed by atoms with Crippen molar-refractivity contribution >= 4 is 17.7 Å². The first kappa shape index (κ1) is 11.9. The van der Waals surface area contributed by atoms with Gasteiger partial charge in [0.2, 0.25) is 5.16 Å². The first-order chi connectivity index (χ1) is 8.15. The first-order valence-corrected chi connectivity index (χ1v) is 6.11. The van der Waals surface area contributed by atoms with Crippen LogP contribution in [0.2, 0.25) is 0 Å². The number of nitrogens with zero attached hydrogens (tertiary/aromatic N) is 5. The van der Waals surface area contributed by atoms with Gasteiger partial charge in [0, 0.05) is 12.2 Å². The predicted molar refractivity (Wildman–Crippen MR) is 58.1 cm³/mol. The summed E-state index contributed by atoms with van der Waals surface area (Å²) >= 11 is 1.42. The van der Waals surface area contributed by atoms with Gasteiger partial charge in [0.05, 0.1) is 6.07 Å². The van der Waals surface area contributed by atoms with E-state index in [1.807, 2.05) is 0 Å². The molecule has 0 atom stereocenters. The Morgan fingerprint density at radius 3 is 3.00 bits per heavy atom. The van der Waals surface area contributed by atoms with E-state index in [4.69, 9.17) is 10.4 Å². The summed E-state index contributed by atoms with van der Waals surface area (Å²) in [6.45, 7) is -0.236. The van der Waals surface area contributed by atoms with Crippen molar-refractivity contribution in [2.24, 2.45) is 5.41 Å². The topological polar surface area (TPSA) is 105 Å². The van der Waals surface area contributed by atoms with E-state index in [0.717, 1.165) is 18.6 Å². The molecule has 0 bridgehead atoms. The first-order valence-electron chi connectivity index (χ1n) is 5.13. The molecule has 1 heterocycles. The number of nitriles is 1. The monoisotopic (exact) mass is 253 g/mol. The Morgan fingerprint density at radius 1 is 1.65 bits per heavy atom. The van der Waals surface area contributed by atoms with E-state index in [0.29, 0.717) is 11.6 Å². The molecule has 0 aliphatic heterocycles. The van der Waals surface area contributed by atoms with E-state index in [9.17, 15) is 4.79 Å². The lowest BCUT2D eigenvalue weighted by molar-refractivity contribution is -0.138. The van der Waals surface area contributed by atoms with Gasteiger partial charge in [0.1, 0.15) is 6.54 Å². The number of carboxylic acid groups (broad SMARTS) is 1. The van der Waals surface area contributed by atoms with Crippen LogP contribution in [0.25, 0.3) is 0 Å². The minimum Gasteiger partial charge on any atom is -0.480 e. The van der Waals surface area contributed by atoms with E-state index in [-0.39, 0.29) is 12.0 Å². The van der Waals surface area contributed by atoms with Crippen LogP contribution in [0.3, 0.4) is 0 Å². The number of hydrogen-bond donors (Lipinski definition) is 1. The van der Waals surface area contributed by atoms with Crippen LogP contribution in [0.4, 0.5) is 0 Å². The molecule has 0 saturated heterocycles. The Bertz CT molecular complexity index is 462. The molecule has 7 nitrogen and oxygen atoms in total. The molecular formula is C9H11N5O2S. The summed E-state index contributed by atoms with van der Waals surface area (Å²) in [7, 11) is 0. The van der Waals surface area contributed by atoms with Gasteiger partial charge in [0.25, 0.3) is 0 Å². The van der Waals surface area contributed by atoms with E-state index in [1.165, 1.54) is 16.4 Å². The number of hydrogen-bond acceptors (Lipinski definition) is 6. The number of rotatable bonds is 6. The maximum atomic E-state index is 10.6. The second kappa shape index (κ2) is 4.71. The Balaban J connectivity index is 1.93. The van der Waals surface area contributed by atoms with Crippen molar-refractivity contribution in [3.8, 4) is 6.07 Å². The van der Waals surface area contributed by atoms with Crippen LogP contribution in [0.1, 0.15) is 19.3 Å². The minimum atomic E-state index is -0.975. The second-order valence-corrected chi connectivity index (χ2v) is 5.08. The van der Waals surface area contributed by atoms with Crippen LogP contribution < -0.4 is 0 Å². The molecular weight excluding hydrogens is 242 g/mol. The zero-order valence-corrected chi connectivity index (χ0v) is 9.85. The van der Waals surface area contributed by atoms with Gasteiger partial charge in [-0.05, 0) is 28.7 Å². The molecule has 1 N–H and O–H groups in total. The van der Waals surface area contributed by atoms with Crippen molar-refractivity contribution in [3.63, 3.8) is 0 Å². The normalized spacial score (nSPS) is 16.4. The van der Waals surface area contributed by atoms with Gasteiger partial charge in [-0.15, -0.1) is 5.10 Å². The average molecular weight is 253 g/mol. The Labute approximate surface area is 102 Å². The lowest BCUT2D eigenvalue weighted by Crippen LogP contribution is -2.12. The highest BCUT2D eigenvalue weighted by molar-refractivity contribution is 7.99. The lowest BCUT2D eigenvalue weighted by atomic mass is 10.1. The van der Waals surface area contributed by atoms with Crippen LogP contribution in [0.15, 0.2) is 5.16 Å². The highest BCUT2D eigenvalue weighted by atomic mass is 32.2. The molecule has 2 rings (SSSR count). The summed E-state index contributed by atoms with van der Waals surface area (Å²) < 4.78 is 1.26. The fourth-order valence-corrected chi connectivity index (χ4v) is 2.63.